The highest BCUT2D eigenvalue weighted by Crippen LogP contribution is 2.33. The Bertz CT molecular complexity index is 658. The van der Waals surface area contributed by atoms with Gasteiger partial charge in [0.25, 0.3) is 0 Å². The summed E-state index contributed by atoms with van der Waals surface area (Å²) in [6.45, 7) is 4.89. The molecule has 1 unspecified atom stereocenters. The molecule has 2 aromatic rings. The predicted octanol–water partition coefficient (Wildman–Crippen LogP) is 3.88. The van der Waals surface area contributed by atoms with E-state index in [1.165, 1.54) is 0 Å². The van der Waals surface area contributed by atoms with Gasteiger partial charge in [-0.3, -0.25) is 4.79 Å². The molecular formula is C19H23O4P. The van der Waals surface area contributed by atoms with E-state index in [2.05, 4.69) is 13.8 Å². The van der Waals surface area contributed by atoms with Crippen molar-refractivity contribution in [1.82, 2.24) is 0 Å². The van der Waals surface area contributed by atoms with E-state index in [9.17, 15) is 4.79 Å². The normalized spacial score (nSPS) is 11.0. The Morgan fingerprint density at radius 2 is 1.58 bits per heavy atom. The van der Waals surface area contributed by atoms with E-state index in [1.807, 2.05) is 24.3 Å². The van der Waals surface area contributed by atoms with E-state index in [1.54, 1.807) is 32.4 Å². The van der Waals surface area contributed by atoms with Crippen molar-refractivity contribution in [2.24, 2.45) is 5.92 Å². The maximum Gasteiger partial charge on any atom is 0.193 e. The monoisotopic (exact) mass is 346 g/mol. The lowest BCUT2D eigenvalue weighted by atomic mass is 10.2. The van der Waals surface area contributed by atoms with Crippen molar-refractivity contribution >= 4 is 19.4 Å². The third-order valence-electron chi connectivity index (χ3n) is 3.35. The topological polar surface area (TPSA) is 44.8 Å². The molecule has 128 valence electrons. The van der Waals surface area contributed by atoms with Crippen molar-refractivity contribution in [3.8, 4) is 17.2 Å². The number of carbonyl (C=O) groups is 1. The number of methoxy groups -OCH3 is 2. The van der Waals surface area contributed by atoms with E-state index < -0.39 is 0 Å². The molecule has 0 saturated carbocycles. The fourth-order valence-electron chi connectivity index (χ4n) is 2.17. The predicted molar refractivity (Wildman–Crippen MR) is 98.6 cm³/mol. The van der Waals surface area contributed by atoms with E-state index in [4.69, 9.17) is 14.2 Å². The molecule has 0 N–H and O–H groups in total. The third kappa shape index (κ3) is 4.72. The van der Waals surface area contributed by atoms with Gasteiger partial charge in [0.15, 0.2) is 5.52 Å². The number of hydrogen-bond donors (Lipinski definition) is 0. The zero-order valence-electron chi connectivity index (χ0n) is 14.5. The van der Waals surface area contributed by atoms with Gasteiger partial charge in [-0.15, -0.1) is 0 Å². The lowest BCUT2D eigenvalue weighted by Crippen LogP contribution is -2.07. The van der Waals surface area contributed by atoms with Crippen molar-refractivity contribution in [2.75, 3.05) is 20.8 Å². The van der Waals surface area contributed by atoms with Gasteiger partial charge >= 0.3 is 0 Å². The highest BCUT2D eigenvalue weighted by Gasteiger charge is 2.18. The van der Waals surface area contributed by atoms with Gasteiger partial charge < -0.3 is 14.2 Å². The van der Waals surface area contributed by atoms with Crippen LogP contribution in [0.5, 0.6) is 17.2 Å². The molecule has 2 rings (SSSR count). The molecule has 0 bridgehead atoms. The number of ether oxygens (including phenoxy) is 3. The van der Waals surface area contributed by atoms with Crippen LogP contribution in [0.2, 0.25) is 0 Å². The number of rotatable bonds is 8. The van der Waals surface area contributed by atoms with E-state index in [0.717, 1.165) is 11.1 Å². The van der Waals surface area contributed by atoms with Crippen molar-refractivity contribution in [3.63, 3.8) is 0 Å². The second kappa shape index (κ2) is 8.70. The Kier molecular flexibility index (Phi) is 6.62. The molecule has 1 atom stereocenters. The van der Waals surface area contributed by atoms with Crippen LogP contribution < -0.4 is 19.5 Å². The molecule has 0 fully saturated rings. The highest BCUT2D eigenvalue weighted by molar-refractivity contribution is 7.66. The Balaban J connectivity index is 2.12. The van der Waals surface area contributed by atoms with Gasteiger partial charge in [0.1, 0.15) is 22.8 Å². The van der Waals surface area contributed by atoms with E-state index in [-0.39, 0.29) is 14.1 Å². The molecule has 24 heavy (non-hydrogen) atoms. The van der Waals surface area contributed by atoms with Crippen molar-refractivity contribution < 1.29 is 19.0 Å². The van der Waals surface area contributed by atoms with Crippen LogP contribution in [-0.2, 0) is 0 Å². The average Bonchev–Trinajstić information content (AvgIpc) is 2.60. The van der Waals surface area contributed by atoms with Gasteiger partial charge in [0.05, 0.1) is 20.8 Å². The molecule has 2 aromatic carbocycles. The molecule has 5 heteroatoms. The number of benzene rings is 2. The molecule has 0 aliphatic heterocycles. The minimum atomic E-state index is -0.0138. The van der Waals surface area contributed by atoms with Crippen LogP contribution in [0, 0.1) is 5.92 Å². The SMILES string of the molecule is COc1cccc(OC)c1C(=O)Pc1ccc(OCC(C)C)cc1. The first-order valence-corrected chi connectivity index (χ1v) is 8.80. The van der Waals surface area contributed by atoms with Gasteiger partial charge in [0.2, 0.25) is 0 Å². The smallest absolute Gasteiger partial charge is 0.193 e. The summed E-state index contributed by atoms with van der Waals surface area (Å²) in [7, 11) is 3.10. The fraction of sp³-hybridized carbons (Fsp3) is 0.316. The van der Waals surface area contributed by atoms with Crippen LogP contribution >= 0.6 is 8.58 Å². The summed E-state index contributed by atoms with van der Waals surface area (Å²) in [5, 5.41) is 0.949. The summed E-state index contributed by atoms with van der Waals surface area (Å²) in [6, 6.07) is 13.0. The van der Waals surface area contributed by atoms with Crippen LogP contribution in [0.1, 0.15) is 24.2 Å². The molecule has 0 aliphatic rings. The quantitative estimate of drug-likeness (QED) is 0.681. The molecule has 0 radical (unpaired) electrons. The Labute approximate surface area is 144 Å². The van der Waals surface area contributed by atoms with Crippen molar-refractivity contribution in [2.45, 2.75) is 13.8 Å². The molecule has 0 aromatic heterocycles. The summed E-state index contributed by atoms with van der Waals surface area (Å²) in [5.74, 6) is 2.36. The van der Waals surface area contributed by atoms with Crippen molar-refractivity contribution in [1.29, 1.82) is 0 Å². The first-order chi connectivity index (χ1) is 11.5. The van der Waals surface area contributed by atoms with Crippen LogP contribution in [0.4, 0.5) is 0 Å². The average molecular weight is 346 g/mol. The lowest BCUT2D eigenvalue weighted by Gasteiger charge is -2.12. The summed E-state index contributed by atoms with van der Waals surface area (Å²) in [4.78, 5) is 12.7. The zero-order chi connectivity index (χ0) is 17.5. The largest absolute Gasteiger partial charge is 0.496 e. The van der Waals surface area contributed by atoms with Gasteiger partial charge in [-0.2, -0.15) is 0 Å². The maximum absolute atomic E-state index is 12.7. The van der Waals surface area contributed by atoms with E-state index in [0.29, 0.717) is 29.6 Å². The number of carbonyl (C=O) groups excluding carboxylic acids is 1. The van der Waals surface area contributed by atoms with Crippen LogP contribution in [0.3, 0.4) is 0 Å². The van der Waals surface area contributed by atoms with Crippen LogP contribution in [0.25, 0.3) is 0 Å². The molecule has 0 saturated heterocycles. The first-order valence-electron chi connectivity index (χ1n) is 7.80. The summed E-state index contributed by atoms with van der Waals surface area (Å²) in [5.41, 5.74) is 0.473. The molecule has 0 spiro atoms. The summed E-state index contributed by atoms with van der Waals surface area (Å²) >= 11 is 0. The maximum atomic E-state index is 12.7. The molecular weight excluding hydrogens is 323 g/mol. The third-order valence-corrected chi connectivity index (χ3v) is 4.45. The summed E-state index contributed by atoms with van der Waals surface area (Å²) in [6.07, 6.45) is 0. The zero-order valence-corrected chi connectivity index (χ0v) is 15.5. The van der Waals surface area contributed by atoms with Gasteiger partial charge in [-0.1, -0.05) is 32.0 Å². The van der Waals surface area contributed by atoms with Gasteiger partial charge in [-0.25, -0.2) is 0 Å². The standard InChI is InChI=1S/C19H23O4P/c1-13(2)12-23-14-8-10-15(11-9-14)24-19(20)18-16(21-3)6-5-7-17(18)22-4/h5-11,13,24H,12H2,1-4H3. The second-order valence-electron chi connectivity index (χ2n) is 5.72. The molecule has 4 nitrogen and oxygen atoms in total. The molecule has 0 heterocycles. The Morgan fingerprint density at radius 1 is 1.00 bits per heavy atom. The first kappa shape index (κ1) is 18.3. The number of hydrogen-bond acceptors (Lipinski definition) is 4. The minimum Gasteiger partial charge on any atom is -0.496 e. The Hall–Kier alpha value is -2.06. The van der Waals surface area contributed by atoms with Gasteiger partial charge in [-0.05, 0) is 44.1 Å². The van der Waals surface area contributed by atoms with Crippen LogP contribution in [0.15, 0.2) is 42.5 Å². The molecule has 0 aliphatic carbocycles. The highest BCUT2D eigenvalue weighted by atomic mass is 31.1. The fourth-order valence-corrected chi connectivity index (χ4v) is 3.13. The van der Waals surface area contributed by atoms with Crippen molar-refractivity contribution in [3.05, 3.63) is 48.0 Å². The molecule has 0 amide bonds. The second-order valence-corrected chi connectivity index (χ2v) is 7.00. The van der Waals surface area contributed by atoms with Crippen LogP contribution in [-0.4, -0.2) is 26.4 Å². The minimum absolute atomic E-state index is 0.00618. The lowest BCUT2D eigenvalue weighted by molar-refractivity contribution is 0.108. The summed E-state index contributed by atoms with van der Waals surface area (Å²) < 4.78 is 16.3. The van der Waals surface area contributed by atoms with Gasteiger partial charge in [0, 0.05) is 0 Å². The van der Waals surface area contributed by atoms with E-state index >= 15 is 0 Å². The Morgan fingerprint density at radius 3 is 2.08 bits per heavy atom.